The maximum absolute atomic E-state index is 11.8. The van der Waals surface area contributed by atoms with Gasteiger partial charge >= 0.3 is 5.97 Å². The number of benzene rings is 1. The van der Waals surface area contributed by atoms with Crippen LogP contribution in [-0.2, 0) is 4.74 Å². The highest BCUT2D eigenvalue weighted by Crippen LogP contribution is 2.24. The molecule has 21 heavy (non-hydrogen) atoms. The topological polar surface area (TPSA) is 87.3 Å². The minimum Gasteiger partial charge on any atom is -0.497 e. The van der Waals surface area contributed by atoms with E-state index < -0.39 is 5.97 Å². The molecule has 6 heteroatoms. The number of esters is 1. The zero-order valence-electron chi connectivity index (χ0n) is 12.2. The van der Waals surface area contributed by atoms with Gasteiger partial charge in [0.05, 0.1) is 19.4 Å². The highest BCUT2D eigenvalue weighted by atomic mass is 16.5. The summed E-state index contributed by atoms with van der Waals surface area (Å²) in [7, 11) is 1.59. The number of carbonyl (C=O) groups is 1. The molecular weight excluding hydrogens is 270 g/mol. The van der Waals surface area contributed by atoms with E-state index in [4.69, 9.17) is 15.2 Å². The van der Waals surface area contributed by atoms with Crippen LogP contribution >= 0.6 is 0 Å². The van der Waals surface area contributed by atoms with Gasteiger partial charge < -0.3 is 15.2 Å². The lowest BCUT2D eigenvalue weighted by molar-refractivity contribution is 0.0526. The first-order chi connectivity index (χ1) is 10.1. The number of rotatable bonds is 4. The van der Waals surface area contributed by atoms with Crippen LogP contribution in [0.15, 0.2) is 24.3 Å². The first kappa shape index (κ1) is 14.8. The first-order valence-corrected chi connectivity index (χ1v) is 6.52. The molecule has 1 aromatic heterocycles. The van der Waals surface area contributed by atoms with Gasteiger partial charge in [0.2, 0.25) is 0 Å². The Morgan fingerprint density at radius 2 is 2.10 bits per heavy atom. The quantitative estimate of drug-likeness (QED) is 0.867. The van der Waals surface area contributed by atoms with Crippen LogP contribution in [0.3, 0.4) is 0 Å². The summed E-state index contributed by atoms with van der Waals surface area (Å²) in [4.78, 5) is 20.4. The zero-order chi connectivity index (χ0) is 15.4. The molecule has 0 bridgehead atoms. The third kappa shape index (κ3) is 3.10. The molecule has 0 aliphatic heterocycles. The highest BCUT2D eigenvalue weighted by molar-refractivity contribution is 5.95. The Balaban J connectivity index is 2.46. The second-order valence-electron chi connectivity index (χ2n) is 4.35. The molecule has 0 atom stereocenters. The lowest BCUT2D eigenvalue weighted by Gasteiger charge is -2.10. The summed E-state index contributed by atoms with van der Waals surface area (Å²) in [5.41, 5.74) is 7.34. The molecule has 0 saturated carbocycles. The molecule has 110 valence electrons. The Hall–Kier alpha value is -2.63. The van der Waals surface area contributed by atoms with E-state index in [-0.39, 0.29) is 18.0 Å². The van der Waals surface area contributed by atoms with Crippen molar-refractivity contribution < 1.29 is 14.3 Å². The van der Waals surface area contributed by atoms with Gasteiger partial charge in [-0.2, -0.15) is 0 Å². The smallest absolute Gasteiger partial charge is 0.343 e. The number of anilines is 1. The molecule has 0 spiro atoms. The van der Waals surface area contributed by atoms with Gasteiger partial charge in [-0.1, -0.05) is 12.1 Å². The average Bonchev–Trinajstić information content (AvgIpc) is 2.47. The number of hydrogen-bond acceptors (Lipinski definition) is 6. The molecule has 0 amide bonds. The van der Waals surface area contributed by atoms with Crippen molar-refractivity contribution in [2.75, 3.05) is 19.5 Å². The van der Waals surface area contributed by atoms with Crippen molar-refractivity contribution in [1.29, 1.82) is 0 Å². The van der Waals surface area contributed by atoms with E-state index >= 15 is 0 Å². The number of ether oxygens (including phenoxy) is 2. The molecule has 0 saturated heterocycles. The Morgan fingerprint density at radius 1 is 1.33 bits per heavy atom. The number of nitrogens with zero attached hydrogens (tertiary/aromatic N) is 2. The van der Waals surface area contributed by atoms with E-state index in [2.05, 4.69) is 9.97 Å². The fourth-order valence-corrected chi connectivity index (χ4v) is 1.94. The van der Waals surface area contributed by atoms with Crippen molar-refractivity contribution >= 4 is 11.8 Å². The van der Waals surface area contributed by atoms with E-state index in [1.165, 1.54) is 0 Å². The van der Waals surface area contributed by atoms with Crippen LogP contribution in [0.1, 0.15) is 23.0 Å². The molecule has 0 aliphatic rings. The first-order valence-electron chi connectivity index (χ1n) is 6.52. The lowest BCUT2D eigenvalue weighted by atomic mass is 10.1. The number of aryl methyl sites for hydroxylation is 1. The summed E-state index contributed by atoms with van der Waals surface area (Å²) in [6.45, 7) is 3.71. The predicted octanol–water partition coefficient (Wildman–Crippen LogP) is 2.22. The van der Waals surface area contributed by atoms with E-state index in [0.29, 0.717) is 17.3 Å². The summed E-state index contributed by atoms with van der Waals surface area (Å²) in [6.07, 6.45) is 0. The molecule has 2 N–H and O–H groups in total. The van der Waals surface area contributed by atoms with Crippen LogP contribution < -0.4 is 10.5 Å². The SMILES string of the molecule is CCOC(=O)c1c(C)nc(-c2cccc(OC)c2)nc1N. The number of nitrogen functional groups attached to an aromatic ring is 1. The Bertz CT molecular complexity index is 648. The molecule has 6 nitrogen and oxygen atoms in total. The standard InChI is InChI=1S/C15H17N3O3/c1-4-21-15(19)12-9(2)17-14(18-13(12)16)10-6-5-7-11(8-10)20-3/h5-8H,4H2,1-3H3,(H2,16,17,18). The molecule has 0 radical (unpaired) electrons. The minimum absolute atomic E-state index is 0.110. The molecule has 0 unspecified atom stereocenters. The maximum atomic E-state index is 11.8. The van der Waals surface area contributed by atoms with Gasteiger partial charge in [-0.25, -0.2) is 14.8 Å². The summed E-state index contributed by atoms with van der Waals surface area (Å²) in [5.74, 6) is 0.738. The molecule has 2 aromatic rings. The third-order valence-electron chi connectivity index (χ3n) is 2.93. The average molecular weight is 287 g/mol. The van der Waals surface area contributed by atoms with Crippen molar-refractivity contribution in [1.82, 2.24) is 9.97 Å². The minimum atomic E-state index is -0.510. The van der Waals surface area contributed by atoms with Crippen molar-refractivity contribution in [3.05, 3.63) is 35.5 Å². The maximum Gasteiger partial charge on any atom is 0.343 e. The number of aromatic nitrogens is 2. The normalized spacial score (nSPS) is 10.2. The van der Waals surface area contributed by atoms with Crippen molar-refractivity contribution in [3.63, 3.8) is 0 Å². The number of nitrogens with two attached hydrogens (primary N) is 1. The van der Waals surface area contributed by atoms with Gasteiger partial charge in [-0.05, 0) is 26.0 Å². The van der Waals surface area contributed by atoms with Gasteiger partial charge in [0, 0.05) is 5.56 Å². The lowest BCUT2D eigenvalue weighted by Crippen LogP contribution is -2.13. The highest BCUT2D eigenvalue weighted by Gasteiger charge is 2.18. The summed E-state index contributed by atoms with van der Waals surface area (Å²) in [6, 6.07) is 7.31. The van der Waals surface area contributed by atoms with Crippen molar-refractivity contribution in [3.8, 4) is 17.1 Å². The monoisotopic (exact) mass is 287 g/mol. The van der Waals surface area contributed by atoms with Gasteiger partial charge in [0.1, 0.15) is 17.1 Å². The van der Waals surface area contributed by atoms with Crippen LogP contribution in [-0.4, -0.2) is 29.7 Å². The number of carbonyl (C=O) groups excluding carboxylic acids is 1. The predicted molar refractivity (Wildman–Crippen MR) is 79.1 cm³/mol. The second kappa shape index (κ2) is 6.21. The second-order valence-corrected chi connectivity index (χ2v) is 4.35. The molecular formula is C15H17N3O3. The van der Waals surface area contributed by atoms with E-state index in [0.717, 1.165) is 5.56 Å². The Morgan fingerprint density at radius 3 is 2.71 bits per heavy atom. The van der Waals surface area contributed by atoms with Gasteiger partial charge in [0.25, 0.3) is 0 Å². The largest absolute Gasteiger partial charge is 0.497 e. The Labute approximate surface area is 122 Å². The summed E-state index contributed by atoms with van der Waals surface area (Å²) in [5, 5.41) is 0. The van der Waals surface area contributed by atoms with E-state index in [1.807, 2.05) is 18.2 Å². The van der Waals surface area contributed by atoms with Crippen LogP contribution in [0.5, 0.6) is 5.75 Å². The van der Waals surface area contributed by atoms with Gasteiger partial charge in [0.15, 0.2) is 5.82 Å². The van der Waals surface area contributed by atoms with Crippen LogP contribution in [0.2, 0.25) is 0 Å². The summed E-state index contributed by atoms with van der Waals surface area (Å²) >= 11 is 0. The molecule has 2 rings (SSSR count). The van der Waals surface area contributed by atoms with Crippen LogP contribution in [0.4, 0.5) is 5.82 Å². The fourth-order valence-electron chi connectivity index (χ4n) is 1.94. The van der Waals surface area contributed by atoms with E-state index in [1.54, 1.807) is 27.0 Å². The number of methoxy groups -OCH3 is 1. The van der Waals surface area contributed by atoms with Gasteiger partial charge in [-0.3, -0.25) is 0 Å². The van der Waals surface area contributed by atoms with Gasteiger partial charge in [-0.15, -0.1) is 0 Å². The molecule has 1 heterocycles. The van der Waals surface area contributed by atoms with Crippen LogP contribution in [0, 0.1) is 6.92 Å². The third-order valence-corrected chi connectivity index (χ3v) is 2.93. The van der Waals surface area contributed by atoms with Crippen molar-refractivity contribution in [2.24, 2.45) is 0 Å². The summed E-state index contributed by atoms with van der Waals surface area (Å²) < 4.78 is 10.1. The molecule has 1 aromatic carbocycles. The van der Waals surface area contributed by atoms with Crippen molar-refractivity contribution in [2.45, 2.75) is 13.8 Å². The van der Waals surface area contributed by atoms with E-state index in [9.17, 15) is 4.79 Å². The van der Waals surface area contributed by atoms with Crippen LogP contribution in [0.25, 0.3) is 11.4 Å². The zero-order valence-corrected chi connectivity index (χ0v) is 12.2. The Kier molecular flexibility index (Phi) is 4.37. The molecule has 0 aliphatic carbocycles. The fraction of sp³-hybridized carbons (Fsp3) is 0.267. The molecule has 0 fully saturated rings. The number of hydrogen-bond donors (Lipinski definition) is 1.